The molecule has 0 saturated carbocycles. The second-order valence-corrected chi connectivity index (χ2v) is 5.91. The summed E-state index contributed by atoms with van der Waals surface area (Å²) in [5.41, 5.74) is 1.03. The highest BCUT2D eigenvalue weighted by molar-refractivity contribution is 9.10. The number of hydrogen-bond acceptors (Lipinski definition) is 6. The number of halogens is 1. The molecule has 0 heterocycles. The minimum atomic E-state index is -0.775. The number of nitro benzene ring substituents is 1. The third-order valence-corrected chi connectivity index (χ3v) is 2.50. The van der Waals surface area contributed by atoms with Gasteiger partial charge in [-0.2, -0.15) is 5.10 Å². The molecule has 1 aromatic rings. The van der Waals surface area contributed by atoms with E-state index in [4.69, 9.17) is 4.74 Å². The van der Waals surface area contributed by atoms with E-state index in [9.17, 15) is 20.0 Å². The van der Waals surface area contributed by atoms with Crippen molar-refractivity contribution in [2.24, 2.45) is 5.10 Å². The van der Waals surface area contributed by atoms with Gasteiger partial charge in [0.15, 0.2) is 0 Å². The van der Waals surface area contributed by atoms with Crippen molar-refractivity contribution < 1.29 is 19.6 Å². The molecule has 0 fully saturated rings. The van der Waals surface area contributed by atoms with Crippen molar-refractivity contribution in [3.63, 3.8) is 0 Å². The normalized spacial score (nSPS) is 11.4. The molecule has 9 heteroatoms. The molecule has 0 aliphatic rings. The zero-order chi connectivity index (χ0) is 16.2. The molecule has 0 aliphatic heterocycles. The summed E-state index contributed by atoms with van der Waals surface area (Å²) in [5, 5.41) is 24.1. The Morgan fingerprint density at radius 3 is 2.67 bits per heavy atom. The van der Waals surface area contributed by atoms with Crippen molar-refractivity contribution in [1.29, 1.82) is 0 Å². The molecule has 0 saturated heterocycles. The Balaban J connectivity index is 2.86. The number of nitrogens with zero attached hydrogens (tertiary/aromatic N) is 2. The van der Waals surface area contributed by atoms with Gasteiger partial charge in [-0.05, 0) is 26.8 Å². The number of benzene rings is 1. The van der Waals surface area contributed by atoms with Gasteiger partial charge in [0.25, 0.3) is 0 Å². The quantitative estimate of drug-likeness (QED) is 0.489. The monoisotopic (exact) mass is 359 g/mol. The molecular weight excluding hydrogens is 346 g/mol. The lowest BCUT2D eigenvalue weighted by Gasteiger charge is -2.18. The topological polar surface area (TPSA) is 114 Å². The Kier molecular flexibility index (Phi) is 5.25. The molecule has 0 radical (unpaired) electrons. The summed E-state index contributed by atoms with van der Waals surface area (Å²) in [7, 11) is 0. The summed E-state index contributed by atoms with van der Waals surface area (Å²) in [4.78, 5) is 21.4. The number of rotatable bonds is 3. The van der Waals surface area contributed by atoms with Gasteiger partial charge in [-0.25, -0.2) is 10.2 Å². The fourth-order valence-electron chi connectivity index (χ4n) is 1.30. The molecule has 114 valence electrons. The predicted octanol–water partition coefficient (Wildman–Crippen LogP) is 2.92. The van der Waals surface area contributed by atoms with Crippen LogP contribution >= 0.6 is 15.9 Å². The van der Waals surface area contributed by atoms with Gasteiger partial charge in [0, 0.05) is 16.1 Å². The van der Waals surface area contributed by atoms with E-state index in [-0.39, 0.29) is 5.56 Å². The van der Waals surface area contributed by atoms with Gasteiger partial charge in [-0.3, -0.25) is 10.1 Å². The van der Waals surface area contributed by atoms with Gasteiger partial charge >= 0.3 is 11.8 Å². The second-order valence-electron chi connectivity index (χ2n) is 4.99. The van der Waals surface area contributed by atoms with Crippen molar-refractivity contribution in [2.75, 3.05) is 0 Å². The minimum absolute atomic E-state index is 0.0760. The van der Waals surface area contributed by atoms with Gasteiger partial charge < -0.3 is 9.84 Å². The first-order chi connectivity index (χ1) is 9.60. The highest BCUT2D eigenvalue weighted by atomic mass is 79.9. The summed E-state index contributed by atoms with van der Waals surface area (Å²) >= 11 is 3.09. The van der Waals surface area contributed by atoms with Crippen molar-refractivity contribution in [2.45, 2.75) is 26.4 Å². The summed E-state index contributed by atoms with van der Waals surface area (Å²) in [6.07, 6.45) is 0.305. The molecule has 0 aromatic heterocycles. The van der Waals surface area contributed by atoms with Crippen LogP contribution in [0, 0.1) is 10.1 Å². The van der Waals surface area contributed by atoms with Crippen LogP contribution in [0.25, 0.3) is 0 Å². The number of nitro groups is 1. The van der Waals surface area contributed by atoms with E-state index in [1.807, 2.05) is 0 Å². The number of carbonyl (C=O) groups is 1. The van der Waals surface area contributed by atoms with E-state index in [1.165, 1.54) is 6.07 Å². The smallest absolute Gasteiger partial charge is 0.428 e. The Morgan fingerprint density at radius 1 is 1.52 bits per heavy atom. The number of amides is 1. The number of hydrazone groups is 1. The fraction of sp³-hybridized carbons (Fsp3) is 0.333. The van der Waals surface area contributed by atoms with Crippen LogP contribution in [0.4, 0.5) is 10.5 Å². The summed E-state index contributed by atoms with van der Waals surface area (Å²) in [5.74, 6) is -0.544. The number of aromatic hydroxyl groups is 1. The lowest BCUT2D eigenvalue weighted by atomic mass is 10.2. The molecule has 0 atom stereocenters. The van der Waals surface area contributed by atoms with Crippen LogP contribution in [0.2, 0.25) is 0 Å². The molecule has 0 spiro atoms. The molecular formula is C12H14BrN3O5. The molecule has 0 unspecified atom stereocenters. The Bertz CT molecular complexity index is 595. The zero-order valence-corrected chi connectivity index (χ0v) is 13.2. The first-order valence-corrected chi connectivity index (χ1v) is 6.58. The zero-order valence-electron chi connectivity index (χ0n) is 11.6. The van der Waals surface area contributed by atoms with E-state index >= 15 is 0 Å². The van der Waals surface area contributed by atoms with Gasteiger partial charge in [-0.15, -0.1) is 0 Å². The highest BCUT2D eigenvalue weighted by Gasteiger charge is 2.18. The molecule has 1 rings (SSSR count). The number of phenolic OH excluding ortho intramolecular Hbond substituents is 1. The van der Waals surface area contributed by atoms with Crippen LogP contribution in [0.5, 0.6) is 5.75 Å². The molecule has 1 aromatic carbocycles. The van der Waals surface area contributed by atoms with Crippen LogP contribution < -0.4 is 5.43 Å². The minimum Gasteiger partial charge on any atom is -0.502 e. The van der Waals surface area contributed by atoms with Crippen LogP contribution in [-0.4, -0.2) is 27.9 Å². The second kappa shape index (κ2) is 6.53. The first kappa shape index (κ1) is 16.9. The first-order valence-electron chi connectivity index (χ1n) is 5.79. The molecule has 0 bridgehead atoms. The maximum absolute atomic E-state index is 11.3. The lowest BCUT2D eigenvalue weighted by Crippen LogP contribution is -2.29. The standard InChI is InChI=1S/C12H14BrN3O5/c1-12(2,3)21-11(18)15-14-6-7-4-8(13)5-9(10(7)17)16(19)20/h4-6,17H,1-3H3,(H,15,18)/b14-6-. The maximum atomic E-state index is 11.3. The number of hydrogen-bond donors (Lipinski definition) is 2. The van der Waals surface area contributed by atoms with Gasteiger partial charge in [0.05, 0.1) is 11.1 Å². The Morgan fingerprint density at radius 2 is 2.14 bits per heavy atom. The third-order valence-electron chi connectivity index (χ3n) is 2.04. The van der Waals surface area contributed by atoms with E-state index < -0.39 is 28.1 Å². The average molecular weight is 360 g/mol. The maximum Gasteiger partial charge on any atom is 0.428 e. The molecule has 2 N–H and O–H groups in total. The third kappa shape index (κ3) is 5.38. The van der Waals surface area contributed by atoms with E-state index in [1.54, 1.807) is 20.8 Å². The number of ether oxygens (including phenoxy) is 1. The molecule has 1 amide bonds. The number of phenols is 1. The summed E-state index contributed by atoms with van der Waals surface area (Å²) in [6, 6.07) is 2.58. The van der Waals surface area contributed by atoms with Crippen molar-refractivity contribution in [1.82, 2.24) is 5.43 Å². The number of nitrogens with one attached hydrogen (secondary N) is 1. The van der Waals surface area contributed by atoms with Crippen LogP contribution in [0.3, 0.4) is 0 Å². The van der Waals surface area contributed by atoms with Crippen LogP contribution in [-0.2, 0) is 4.74 Å². The Hall–Kier alpha value is -2.16. The van der Waals surface area contributed by atoms with Crippen LogP contribution in [0.15, 0.2) is 21.7 Å². The largest absolute Gasteiger partial charge is 0.502 e. The summed E-state index contributed by atoms with van der Waals surface area (Å²) in [6.45, 7) is 5.08. The van der Waals surface area contributed by atoms with Gasteiger partial charge in [-0.1, -0.05) is 15.9 Å². The predicted molar refractivity (Wildman–Crippen MR) is 79.4 cm³/mol. The van der Waals surface area contributed by atoms with Crippen molar-refractivity contribution in [3.8, 4) is 5.75 Å². The van der Waals surface area contributed by atoms with E-state index in [2.05, 4.69) is 26.5 Å². The van der Waals surface area contributed by atoms with Crippen molar-refractivity contribution in [3.05, 3.63) is 32.3 Å². The number of carbonyl (C=O) groups excluding carboxylic acids is 1. The molecule has 0 aliphatic carbocycles. The summed E-state index contributed by atoms with van der Waals surface area (Å²) < 4.78 is 5.34. The average Bonchev–Trinajstić information content (AvgIpc) is 2.30. The SMILES string of the molecule is CC(C)(C)OC(=O)N/N=C\c1cc(Br)cc([N+](=O)[O-])c1O. The highest BCUT2D eigenvalue weighted by Crippen LogP contribution is 2.32. The molecule has 21 heavy (non-hydrogen) atoms. The lowest BCUT2D eigenvalue weighted by molar-refractivity contribution is -0.385. The van der Waals surface area contributed by atoms with Crippen LogP contribution in [0.1, 0.15) is 26.3 Å². The van der Waals surface area contributed by atoms with E-state index in [0.29, 0.717) is 4.47 Å². The fourth-order valence-corrected chi connectivity index (χ4v) is 1.76. The Labute approximate surface area is 129 Å². The van der Waals surface area contributed by atoms with E-state index in [0.717, 1.165) is 12.3 Å². The molecule has 8 nitrogen and oxygen atoms in total. The van der Waals surface area contributed by atoms with Gasteiger partial charge in [0.1, 0.15) is 5.60 Å². The van der Waals surface area contributed by atoms with Crippen molar-refractivity contribution >= 4 is 33.9 Å². The van der Waals surface area contributed by atoms with Gasteiger partial charge in [0.2, 0.25) is 5.75 Å².